The molecule has 2 rings (SSSR count). The van der Waals surface area contributed by atoms with Crippen LogP contribution in [0.1, 0.15) is 23.5 Å². The van der Waals surface area contributed by atoms with Gasteiger partial charge in [-0.3, -0.25) is 0 Å². The van der Waals surface area contributed by atoms with E-state index < -0.39 is 48.8 Å². The Balaban J connectivity index is 2.61. The number of aryl methyl sites for hydroxylation is 1. The van der Waals surface area contributed by atoms with Crippen LogP contribution in [0.4, 0.5) is 0 Å². The highest BCUT2D eigenvalue weighted by Gasteiger charge is 2.11. The Hall–Kier alpha value is -1.37. The average molecular weight is 306 g/mol. The lowest BCUT2D eigenvalue weighted by Gasteiger charge is -2.08. The quantitative estimate of drug-likeness (QED) is 0.846. The smallest absolute Gasteiger partial charge is 0.215 e. The van der Waals surface area contributed by atoms with Crippen molar-refractivity contribution in [3.63, 3.8) is 0 Å². The molecule has 0 aliphatic rings. The molecule has 0 atom stereocenters. The largest absolute Gasteiger partial charge is 0.361 e. The maximum absolute atomic E-state index is 12.0. The number of benzene rings is 1. The summed E-state index contributed by atoms with van der Waals surface area (Å²) in [4.78, 5) is 0.424. The summed E-state index contributed by atoms with van der Waals surface area (Å²) in [6, 6.07) is 4.03. The Morgan fingerprint density at radius 3 is 3.10 bits per heavy atom. The fraction of sp³-hybridized carbons (Fsp3) is 0.429. The first-order valence-electron chi connectivity index (χ1n) is 11.1. The SMILES string of the molecule is [2H]c1c(CC([2H])([2H])N(C([2H])([2H])[2H])C([2H])([2H])[2H])c2cc(CS(=O)(=O)N([2H])C)ccc2n1[2H]. The van der Waals surface area contributed by atoms with E-state index in [1.165, 1.54) is 18.2 Å². The van der Waals surface area contributed by atoms with Gasteiger partial charge in [-0.1, -0.05) is 6.07 Å². The number of H-pyrrole nitrogens is 1. The fourth-order valence-corrected chi connectivity index (χ4v) is 2.50. The maximum atomic E-state index is 12.0. The molecule has 1 heterocycles. The second kappa shape index (κ2) is 5.95. The van der Waals surface area contributed by atoms with Crippen molar-refractivity contribution in [2.75, 3.05) is 27.5 Å². The van der Waals surface area contributed by atoms with Gasteiger partial charge in [0.1, 0.15) is 1.41 Å². The van der Waals surface area contributed by atoms with Crippen LogP contribution < -0.4 is 4.72 Å². The van der Waals surface area contributed by atoms with E-state index in [9.17, 15) is 8.42 Å². The van der Waals surface area contributed by atoms with E-state index in [0.717, 1.165) is 7.05 Å². The normalized spacial score (nSPS) is 22.6. The molecular formula is C14H21N3O2S. The van der Waals surface area contributed by atoms with Gasteiger partial charge in [0.05, 0.1) is 7.12 Å². The Morgan fingerprint density at radius 2 is 2.40 bits per heavy atom. The Morgan fingerprint density at radius 1 is 1.60 bits per heavy atom. The molecule has 2 N–H and O–H groups in total. The highest BCUT2D eigenvalue weighted by Crippen LogP contribution is 2.21. The van der Waals surface area contributed by atoms with Crippen LogP contribution in [0.2, 0.25) is 2.82 Å². The summed E-state index contributed by atoms with van der Waals surface area (Å²) in [5.74, 6) is -0.567. The Kier molecular flexibility index (Phi) is 1.84. The van der Waals surface area contributed by atoms with E-state index in [4.69, 9.17) is 15.2 Å². The third-order valence-electron chi connectivity index (χ3n) is 2.74. The van der Waals surface area contributed by atoms with Crippen molar-refractivity contribution in [3.05, 3.63) is 35.5 Å². The number of hydrogen-bond donors (Lipinski definition) is 2. The number of aromatic nitrogens is 1. The second-order valence-electron chi connectivity index (χ2n) is 4.13. The minimum Gasteiger partial charge on any atom is -0.361 e. The summed E-state index contributed by atoms with van der Waals surface area (Å²) in [5, 5.41) is 0.111. The van der Waals surface area contributed by atoms with Gasteiger partial charge in [0.15, 0.2) is 1.41 Å². The zero-order chi connectivity index (χ0) is 24.2. The maximum Gasteiger partial charge on any atom is 0.215 e. The van der Waals surface area contributed by atoms with Crippen LogP contribution in [0.25, 0.3) is 10.9 Å². The molecule has 5 nitrogen and oxygen atoms in total. The molecule has 0 radical (unpaired) electrons. The molecule has 0 amide bonds. The van der Waals surface area contributed by atoms with Gasteiger partial charge in [0.25, 0.3) is 0 Å². The van der Waals surface area contributed by atoms with E-state index in [0.29, 0.717) is 4.98 Å². The molecule has 20 heavy (non-hydrogen) atoms. The molecule has 1 aromatic carbocycles. The number of likely N-dealkylation sites (N-methyl/N-ethyl adjacent to an activating group) is 1. The molecule has 0 unspecified atom stereocenters. The Labute approximate surface area is 135 Å². The van der Waals surface area contributed by atoms with Crippen LogP contribution in [0.3, 0.4) is 0 Å². The number of rotatable bonds is 6. The van der Waals surface area contributed by atoms with Crippen LogP contribution in [0.5, 0.6) is 0 Å². The lowest BCUT2D eigenvalue weighted by atomic mass is 10.1. The topological polar surface area (TPSA) is 65.2 Å². The molecule has 0 fully saturated rings. The van der Waals surface area contributed by atoms with Gasteiger partial charge in [-0.05, 0) is 50.7 Å². The van der Waals surface area contributed by atoms with E-state index in [2.05, 4.69) is 0 Å². The standard InChI is InChI=1S/C14H21N3O2S/c1-15-20(18,19)10-11-4-5-14-13(8-11)12(9-16-14)6-7-17(2)3/h4-5,8-9,15-16H,6-7,10H2,1-3H3/i2D3,3D3,7D2,9D/hD2. The third kappa shape index (κ3) is 3.59. The highest BCUT2D eigenvalue weighted by atomic mass is 32.2. The van der Waals surface area contributed by atoms with Crippen molar-refractivity contribution >= 4 is 20.9 Å². The number of nitrogens with one attached hydrogen (secondary N) is 2. The third-order valence-corrected chi connectivity index (χ3v) is 3.99. The predicted octanol–water partition coefficient (Wildman–Crippen LogP) is 1.32. The van der Waals surface area contributed by atoms with Gasteiger partial charge in [-0.2, -0.15) is 0 Å². The first-order valence-corrected chi connectivity index (χ1v) is 7.28. The molecule has 0 spiro atoms. The van der Waals surface area contributed by atoms with Crippen LogP contribution in [0, 0.1) is 0 Å². The number of fused-ring (bicyclic) bond motifs is 1. The minimum absolute atomic E-state index is 0.111. The zero-order valence-electron chi connectivity index (χ0n) is 21.7. The molecule has 110 valence electrons. The van der Waals surface area contributed by atoms with Crippen LogP contribution in [0.15, 0.2) is 24.4 Å². The van der Waals surface area contributed by atoms with Gasteiger partial charge in [0, 0.05) is 34.5 Å². The van der Waals surface area contributed by atoms with Crippen LogP contribution in [-0.2, 0) is 22.2 Å². The number of nitrogens with zero attached hydrogens (tertiary/aromatic N) is 1. The summed E-state index contributed by atoms with van der Waals surface area (Å²) < 4.78 is 109. The first kappa shape index (κ1) is 6.17. The van der Waals surface area contributed by atoms with Crippen molar-refractivity contribution in [2.24, 2.45) is 0 Å². The number of hydrogen-bond acceptors (Lipinski definition) is 3. The van der Waals surface area contributed by atoms with Crippen molar-refractivity contribution in [1.29, 1.82) is 0 Å². The van der Waals surface area contributed by atoms with Crippen molar-refractivity contribution in [2.45, 2.75) is 12.2 Å². The molecule has 0 aliphatic carbocycles. The lowest BCUT2D eigenvalue weighted by Crippen LogP contribution is -2.20. The van der Waals surface area contributed by atoms with Crippen molar-refractivity contribution in [1.82, 2.24) is 14.6 Å². The zero-order valence-corrected chi connectivity index (χ0v) is 11.5. The summed E-state index contributed by atoms with van der Waals surface area (Å²) in [6.07, 6.45) is -1.34. The Bertz CT molecular complexity index is 1060. The van der Waals surface area contributed by atoms with Gasteiger partial charge in [-0.25, -0.2) is 13.1 Å². The van der Waals surface area contributed by atoms with Crippen molar-refractivity contribution < 1.29 is 23.6 Å². The van der Waals surface area contributed by atoms with Gasteiger partial charge in [0.2, 0.25) is 10.0 Å². The fourth-order valence-electron chi connectivity index (χ4n) is 1.77. The predicted molar refractivity (Wildman–Crippen MR) is 82.2 cm³/mol. The van der Waals surface area contributed by atoms with E-state index in [1.807, 2.05) is 0 Å². The molecule has 0 saturated carbocycles. The van der Waals surface area contributed by atoms with Gasteiger partial charge >= 0.3 is 0 Å². The minimum atomic E-state index is -3.95. The number of sulfonamides is 1. The molecule has 0 saturated heterocycles. The highest BCUT2D eigenvalue weighted by molar-refractivity contribution is 7.88. The number of aromatic amines is 1. The van der Waals surface area contributed by atoms with E-state index >= 15 is 0 Å². The monoisotopic (exact) mass is 306 g/mol. The molecule has 1 aromatic heterocycles. The molecule has 0 bridgehead atoms. The summed E-state index contributed by atoms with van der Waals surface area (Å²) in [7, 11) is -2.92. The molecule has 0 aliphatic heterocycles. The average Bonchev–Trinajstić information content (AvgIpc) is 2.75. The van der Waals surface area contributed by atoms with E-state index in [1.54, 1.807) is 0 Å². The van der Waals surface area contributed by atoms with Crippen LogP contribution >= 0.6 is 0 Å². The van der Waals surface area contributed by atoms with Crippen molar-refractivity contribution in [3.8, 4) is 0 Å². The summed E-state index contributed by atoms with van der Waals surface area (Å²) in [5.41, 5.74) is 0.181. The second-order valence-corrected chi connectivity index (χ2v) is 5.95. The summed E-state index contributed by atoms with van der Waals surface area (Å²) >= 11 is 0. The van der Waals surface area contributed by atoms with Gasteiger partial charge in [-0.15, -0.1) is 0 Å². The molecular weight excluding hydrogens is 274 g/mol. The van der Waals surface area contributed by atoms with Gasteiger partial charge < -0.3 is 9.88 Å². The first-order chi connectivity index (χ1) is 13.8. The molecule has 2 aromatic rings. The van der Waals surface area contributed by atoms with Crippen LogP contribution in [-0.4, -0.2) is 45.8 Å². The molecule has 6 heteroatoms. The lowest BCUT2D eigenvalue weighted by molar-refractivity contribution is 0.414. The summed E-state index contributed by atoms with van der Waals surface area (Å²) in [6.45, 7) is -9.58. The van der Waals surface area contributed by atoms with E-state index in [-0.39, 0.29) is 31.6 Å².